The Bertz CT molecular complexity index is 937. The van der Waals surface area contributed by atoms with Crippen LogP contribution in [0.3, 0.4) is 0 Å². The fourth-order valence-corrected chi connectivity index (χ4v) is 2.12. The van der Waals surface area contributed by atoms with Crippen molar-refractivity contribution in [2.24, 2.45) is 15.9 Å². The molecule has 1 rings (SSSR count). The fraction of sp³-hybridized carbons (Fsp3) is 0.458. The van der Waals surface area contributed by atoms with Crippen molar-refractivity contribution in [2.75, 3.05) is 20.3 Å². The molecule has 0 unspecified atom stereocenters. The zero-order chi connectivity index (χ0) is 30.1. The Kier molecular flexibility index (Phi) is 27.4. The van der Waals surface area contributed by atoms with Gasteiger partial charge in [0.25, 0.3) is 0 Å². The zero-order valence-electron chi connectivity index (χ0n) is 22.7. The third-order valence-electron chi connectivity index (χ3n) is 3.60. The van der Waals surface area contributed by atoms with Crippen LogP contribution in [0.1, 0.15) is 53.5 Å². The van der Waals surface area contributed by atoms with Crippen molar-refractivity contribution in [3.63, 3.8) is 0 Å². The molecule has 0 amide bonds. The van der Waals surface area contributed by atoms with Crippen LogP contribution in [-0.2, 0) is 30.5 Å². The van der Waals surface area contributed by atoms with Crippen LogP contribution in [0.5, 0.6) is 0 Å². The summed E-state index contributed by atoms with van der Waals surface area (Å²) in [7, 11) is 21.8. The number of aliphatic imine (C=N–C) groups is 1. The van der Waals surface area contributed by atoms with Gasteiger partial charge in [-0.2, -0.15) is 5.26 Å². The summed E-state index contributed by atoms with van der Waals surface area (Å²) in [4.78, 5) is 31.5. The van der Waals surface area contributed by atoms with E-state index in [-0.39, 0.29) is 18.1 Å². The molecule has 214 valence electrons. The number of nitrogens with two attached hydrogens (primary N) is 1. The van der Waals surface area contributed by atoms with Gasteiger partial charge in [-0.1, -0.05) is 35.5 Å². The summed E-state index contributed by atoms with van der Waals surface area (Å²) in [5.74, 6) is -0.692. The third kappa shape index (κ3) is 28.9. The monoisotopic (exact) mass is 720 g/mol. The molecule has 0 saturated carbocycles. The maximum absolute atomic E-state index is 11.8. The number of oxime groups is 1. The normalized spacial score (nSPS) is 11.4. The molecule has 0 aromatic heterocycles. The van der Waals surface area contributed by atoms with Gasteiger partial charge in [-0.3, -0.25) is 9.79 Å². The Balaban J connectivity index is -0.000000564. The number of nitrogens with zero attached hydrogens (tertiary/aromatic N) is 3. The van der Waals surface area contributed by atoms with Crippen molar-refractivity contribution >= 4 is 72.9 Å². The van der Waals surface area contributed by atoms with Crippen molar-refractivity contribution in [1.29, 1.82) is 5.26 Å². The number of carbonyl (C=O) groups is 2. The molecule has 9 nitrogen and oxygen atoms in total. The zero-order valence-corrected chi connectivity index (χ0v) is 28.6. The Hall–Kier alpha value is -1.71. The van der Waals surface area contributed by atoms with E-state index < -0.39 is 19.8 Å². The molecular weight excluding hydrogens is 685 g/mol. The number of rotatable bonds is 9. The van der Waals surface area contributed by atoms with Crippen LogP contribution in [0.15, 0.2) is 51.8 Å². The van der Waals surface area contributed by atoms with Crippen LogP contribution in [-0.4, -0.2) is 57.5 Å². The fourth-order valence-electron chi connectivity index (χ4n) is 2.12. The second kappa shape index (κ2) is 25.6. The Labute approximate surface area is 244 Å². The minimum atomic E-state index is -3.29. The third-order valence-corrected chi connectivity index (χ3v) is 3.60. The van der Waals surface area contributed by atoms with Gasteiger partial charge >= 0.3 is 61.5 Å². The molecular formula is C24H36Cl4N4O5Sn. The predicted octanol–water partition coefficient (Wildman–Crippen LogP) is 6.31. The number of esters is 2. The number of benzene rings is 1. The topological polar surface area (TPSA) is 136 Å². The molecule has 0 aliphatic rings. The van der Waals surface area contributed by atoms with E-state index in [2.05, 4.69) is 10.1 Å². The van der Waals surface area contributed by atoms with Crippen LogP contribution >= 0.6 is 35.7 Å². The summed E-state index contributed by atoms with van der Waals surface area (Å²) in [6, 6.07) is 11.4. The summed E-state index contributed by atoms with van der Waals surface area (Å²) >= 11 is -3.29. The minimum absolute atomic E-state index is 0.203. The molecule has 0 aliphatic heterocycles. The molecule has 0 saturated heterocycles. The second-order valence-corrected chi connectivity index (χ2v) is 32.3. The summed E-state index contributed by atoms with van der Waals surface area (Å²) in [5.41, 5.74) is 8.50. The number of carbonyl (C=O) groups excluding carboxylic acids is 2. The molecule has 0 aliphatic carbocycles. The number of hydrogen-bond donors (Lipinski definition) is 1. The molecule has 0 heterocycles. The van der Waals surface area contributed by atoms with Gasteiger partial charge in [-0.25, -0.2) is 4.79 Å². The van der Waals surface area contributed by atoms with Crippen molar-refractivity contribution in [1.82, 2.24) is 0 Å². The van der Waals surface area contributed by atoms with Crippen molar-refractivity contribution in [2.45, 2.75) is 54.6 Å². The maximum atomic E-state index is 11.8. The van der Waals surface area contributed by atoms with Gasteiger partial charge in [0.05, 0.1) is 31.4 Å². The summed E-state index contributed by atoms with van der Waals surface area (Å²) in [5, 5.41) is 11.2. The van der Waals surface area contributed by atoms with E-state index in [9.17, 15) is 9.59 Å². The first-order chi connectivity index (χ1) is 17.7. The predicted molar refractivity (Wildman–Crippen MR) is 159 cm³/mol. The van der Waals surface area contributed by atoms with Crippen molar-refractivity contribution in [3.05, 3.63) is 47.2 Å². The Morgan fingerprint density at radius 1 is 1.03 bits per heavy atom. The standard InChI is InChI=1S/C15H20N2O3.C7H13NO2.C2H3N.4ClH.Sn/c1-4-19-15(18)14(11(2)16)12(3)17-20-10-13-8-6-5-7-9-13;1-4-10-7(9)5-6(2)8-3;1-2-3;;;;;/h5-9H,4,10,16H2,1-3H3;4-5H2,1-3H3;1H3;4*1H;/q;;;;;;;+4/p-4/b14-11+,17-12+;;;;;;;. The molecule has 0 spiro atoms. The summed E-state index contributed by atoms with van der Waals surface area (Å²) in [6.45, 7) is 11.1. The van der Waals surface area contributed by atoms with Crippen LogP contribution in [0.4, 0.5) is 0 Å². The molecule has 1 aromatic carbocycles. The number of ether oxygens (including phenoxy) is 2. The first-order valence-electron chi connectivity index (χ1n) is 11.2. The van der Waals surface area contributed by atoms with Gasteiger partial charge in [-0.15, -0.1) is 0 Å². The van der Waals surface area contributed by atoms with E-state index >= 15 is 0 Å². The first-order valence-corrected chi connectivity index (χ1v) is 25.6. The van der Waals surface area contributed by atoms with Gasteiger partial charge < -0.3 is 20.0 Å². The second-order valence-electron chi connectivity index (χ2n) is 6.81. The SMILES string of the molecule is CC#N.CCOC(=O)C(/C(C)=N/OCc1ccccc1)=C(\C)N.CCOC(=O)CC(C)=NC.[Cl][Sn]([Cl])([Cl])[Cl]. The van der Waals surface area contributed by atoms with Gasteiger partial charge in [0.1, 0.15) is 12.2 Å². The van der Waals surface area contributed by atoms with Gasteiger partial charge in [-0.05, 0) is 40.2 Å². The Morgan fingerprint density at radius 3 is 1.89 bits per heavy atom. The van der Waals surface area contributed by atoms with E-state index in [0.29, 0.717) is 31.0 Å². The van der Waals surface area contributed by atoms with Gasteiger partial charge in [0.2, 0.25) is 0 Å². The van der Waals surface area contributed by atoms with Crippen LogP contribution in [0, 0.1) is 11.3 Å². The van der Waals surface area contributed by atoms with E-state index in [1.807, 2.05) is 30.3 Å². The van der Waals surface area contributed by atoms with Crippen LogP contribution in [0.2, 0.25) is 0 Å². The number of nitriles is 1. The van der Waals surface area contributed by atoms with E-state index in [1.165, 1.54) is 6.92 Å². The van der Waals surface area contributed by atoms with Crippen LogP contribution in [0.25, 0.3) is 0 Å². The van der Waals surface area contributed by atoms with Gasteiger partial charge in [0, 0.05) is 25.4 Å². The number of hydrogen-bond acceptors (Lipinski definition) is 9. The number of allylic oxidation sites excluding steroid dienone is 1. The van der Waals surface area contributed by atoms with E-state index in [0.717, 1.165) is 11.3 Å². The quantitative estimate of drug-likeness (QED) is 0.104. The van der Waals surface area contributed by atoms with Gasteiger partial charge in [0.15, 0.2) is 0 Å². The molecule has 0 radical (unpaired) electrons. The molecule has 38 heavy (non-hydrogen) atoms. The van der Waals surface area contributed by atoms with Crippen molar-refractivity contribution in [3.8, 4) is 6.07 Å². The average molecular weight is 721 g/mol. The van der Waals surface area contributed by atoms with Crippen LogP contribution < -0.4 is 5.73 Å². The summed E-state index contributed by atoms with van der Waals surface area (Å²) in [6.07, 6.45) is 0.310. The van der Waals surface area contributed by atoms with E-state index in [4.69, 9.17) is 61.0 Å². The molecule has 0 bridgehead atoms. The Morgan fingerprint density at radius 2 is 1.50 bits per heavy atom. The average Bonchev–Trinajstić information content (AvgIpc) is 2.80. The summed E-state index contributed by atoms with van der Waals surface area (Å²) < 4.78 is 9.63. The van der Waals surface area contributed by atoms with Crippen molar-refractivity contribution < 1.29 is 23.9 Å². The molecule has 0 atom stereocenters. The first kappa shape index (κ1) is 40.8. The number of halogens is 4. The molecule has 2 N–H and O–H groups in total. The molecule has 1 aromatic rings. The molecule has 0 fully saturated rings. The molecule has 14 heteroatoms. The van der Waals surface area contributed by atoms with E-state index in [1.54, 1.807) is 47.7 Å².